The Morgan fingerprint density at radius 3 is 1.95 bits per heavy atom. The molecule has 2 heterocycles. The second kappa shape index (κ2) is 15.2. The highest BCUT2D eigenvalue weighted by Crippen LogP contribution is 2.53. The van der Waals surface area contributed by atoms with Gasteiger partial charge in [0.15, 0.2) is 0 Å². The van der Waals surface area contributed by atoms with Crippen LogP contribution in [0.1, 0.15) is 42.9 Å². The van der Waals surface area contributed by atoms with E-state index in [1.165, 1.54) is 70.3 Å². The zero-order valence-corrected chi connectivity index (χ0v) is 37.6. The molecule has 2 aliphatic carbocycles. The second-order valence-corrected chi connectivity index (χ2v) is 19.4. The van der Waals surface area contributed by atoms with Crippen LogP contribution in [0.5, 0.6) is 0 Å². The Morgan fingerprint density at radius 2 is 1.12 bits per heavy atom. The van der Waals surface area contributed by atoms with Crippen molar-refractivity contribution in [2.24, 2.45) is 0 Å². The van der Waals surface area contributed by atoms with E-state index in [0.717, 1.165) is 56.5 Å². The number of nitrogens with zero attached hydrogens (tertiary/aromatic N) is 1. The average molecular weight is 864 g/mol. The molecule has 0 amide bonds. The smallest absolute Gasteiger partial charge is 0.143 e. The van der Waals surface area contributed by atoms with Crippen molar-refractivity contribution in [3.63, 3.8) is 0 Å². The molecule has 1 atom stereocenters. The lowest BCUT2D eigenvalue weighted by molar-refractivity contribution is 0.649. The number of benzene rings is 9. The maximum absolute atomic E-state index is 6.50. The average Bonchev–Trinajstić information content (AvgIpc) is 4.02. The quantitative estimate of drug-likeness (QED) is 0.159. The zero-order chi connectivity index (χ0) is 43.9. The van der Waals surface area contributed by atoms with E-state index in [4.69, 9.17) is 4.42 Å². The van der Waals surface area contributed by atoms with Crippen molar-refractivity contribution in [2.45, 2.75) is 31.6 Å². The molecular formula is C63H45NOS. The van der Waals surface area contributed by atoms with E-state index in [9.17, 15) is 0 Å². The van der Waals surface area contributed by atoms with Gasteiger partial charge in [-0.1, -0.05) is 178 Å². The minimum Gasteiger partial charge on any atom is -0.455 e. The Labute approximate surface area is 389 Å². The summed E-state index contributed by atoms with van der Waals surface area (Å²) in [5.74, 6) is 0.237. The number of para-hydroxylation sites is 3. The lowest BCUT2D eigenvalue weighted by Gasteiger charge is -2.30. The van der Waals surface area contributed by atoms with Crippen LogP contribution in [0, 0.1) is 0 Å². The van der Waals surface area contributed by atoms with E-state index < -0.39 is 0 Å². The van der Waals surface area contributed by atoms with Crippen LogP contribution in [-0.4, -0.2) is 0 Å². The molecule has 2 aromatic heterocycles. The van der Waals surface area contributed by atoms with Crippen molar-refractivity contribution in [3.05, 3.63) is 241 Å². The number of allylic oxidation sites excluding steroid dienone is 4. The molecule has 0 bridgehead atoms. The van der Waals surface area contributed by atoms with Crippen LogP contribution in [0.15, 0.2) is 228 Å². The third kappa shape index (κ3) is 6.15. The van der Waals surface area contributed by atoms with Gasteiger partial charge < -0.3 is 9.32 Å². The molecule has 66 heavy (non-hydrogen) atoms. The van der Waals surface area contributed by atoms with E-state index in [0.29, 0.717) is 0 Å². The number of thiophene rings is 1. The molecule has 3 heteroatoms. The summed E-state index contributed by atoms with van der Waals surface area (Å²) in [4.78, 5) is 2.43. The van der Waals surface area contributed by atoms with Gasteiger partial charge in [-0.05, 0) is 111 Å². The van der Waals surface area contributed by atoms with E-state index >= 15 is 0 Å². The topological polar surface area (TPSA) is 16.4 Å². The maximum Gasteiger partial charge on any atom is 0.143 e. The summed E-state index contributed by atoms with van der Waals surface area (Å²) >= 11 is 1.86. The number of fused-ring (bicyclic) bond motifs is 8. The SMILES string of the molecule is CC1(C)C2=C(CC(c3ccccc3-c3ccccc3N(c3ccc(-c4ccc5sc6ccccc6c5c4)cc3)c3ccc(-c4cccc5c4oc4ccccc45)cc3)C=C2)c2ccccc21. The Morgan fingerprint density at radius 1 is 0.500 bits per heavy atom. The fourth-order valence-electron chi connectivity index (χ4n) is 11.1. The molecule has 2 nitrogen and oxygen atoms in total. The Hall–Kier alpha value is -7.72. The minimum atomic E-state index is -0.00523. The summed E-state index contributed by atoms with van der Waals surface area (Å²) in [5, 5.41) is 4.90. The fourth-order valence-corrected chi connectivity index (χ4v) is 12.2. The molecule has 0 saturated heterocycles. The van der Waals surface area contributed by atoms with Crippen LogP contribution in [0.4, 0.5) is 17.1 Å². The summed E-state index contributed by atoms with van der Waals surface area (Å²) in [6, 6.07) is 75.6. The van der Waals surface area contributed by atoms with Crippen molar-refractivity contribution in [3.8, 4) is 33.4 Å². The van der Waals surface area contributed by atoms with Crippen LogP contribution in [0.25, 0.3) is 81.1 Å². The number of hydrogen-bond acceptors (Lipinski definition) is 3. The monoisotopic (exact) mass is 863 g/mol. The van der Waals surface area contributed by atoms with Crippen molar-refractivity contribution in [1.82, 2.24) is 0 Å². The first-order chi connectivity index (χ1) is 32.5. The Kier molecular flexibility index (Phi) is 8.91. The van der Waals surface area contributed by atoms with Crippen LogP contribution in [0.2, 0.25) is 0 Å². The normalized spacial score (nSPS) is 15.2. The number of hydrogen-bond donors (Lipinski definition) is 0. The lowest BCUT2D eigenvalue weighted by atomic mass is 9.77. The van der Waals surface area contributed by atoms with Gasteiger partial charge in [-0.3, -0.25) is 0 Å². The first kappa shape index (κ1) is 38.7. The molecule has 0 aliphatic heterocycles. The summed E-state index contributed by atoms with van der Waals surface area (Å²) in [6.45, 7) is 4.75. The largest absolute Gasteiger partial charge is 0.455 e. The van der Waals surface area contributed by atoms with E-state index in [1.54, 1.807) is 0 Å². The highest BCUT2D eigenvalue weighted by atomic mass is 32.1. The van der Waals surface area contributed by atoms with Gasteiger partial charge >= 0.3 is 0 Å². The molecule has 11 aromatic rings. The molecule has 13 rings (SSSR count). The lowest BCUT2D eigenvalue weighted by Crippen LogP contribution is -2.17. The molecule has 1 unspecified atom stereocenters. The molecule has 0 fully saturated rings. The molecule has 9 aromatic carbocycles. The van der Waals surface area contributed by atoms with Gasteiger partial charge in [0.1, 0.15) is 11.2 Å². The fraction of sp³-hybridized carbons (Fsp3) is 0.0794. The highest BCUT2D eigenvalue weighted by Gasteiger charge is 2.38. The third-order valence-electron chi connectivity index (χ3n) is 14.3. The van der Waals surface area contributed by atoms with Gasteiger partial charge in [-0.15, -0.1) is 11.3 Å². The van der Waals surface area contributed by atoms with Crippen LogP contribution in [-0.2, 0) is 5.41 Å². The molecular weight excluding hydrogens is 819 g/mol. The molecule has 314 valence electrons. The summed E-state index contributed by atoms with van der Waals surface area (Å²) in [6.07, 6.45) is 5.86. The molecule has 0 radical (unpaired) electrons. The number of furan rings is 1. The second-order valence-electron chi connectivity index (χ2n) is 18.4. The van der Waals surface area contributed by atoms with Gasteiger partial charge in [0.25, 0.3) is 0 Å². The summed E-state index contributed by atoms with van der Waals surface area (Å²) in [5.41, 5.74) is 19.3. The van der Waals surface area contributed by atoms with E-state index in [2.05, 4.69) is 231 Å². The number of rotatable bonds is 7. The van der Waals surface area contributed by atoms with Gasteiger partial charge in [0, 0.05) is 64.8 Å². The number of anilines is 3. The van der Waals surface area contributed by atoms with Gasteiger partial charge in [0.05, 0.1) is 5.69 Å². The first-order valence-corrected chi connectivity index (χ1v) is 23.8. The predicted octanol–water partition coefficient (Wildman–Crippen LogP) is 18.2. The van der Waals surface area contributed by atoms with Crippen molar-refractivity contribution < 1.29 is 4.42 Å². The molecule has 0 N–H and O–H groups in total. The summed E-state index contributed by atoms with van der Waals surface area (Å²) < 4.78 is 9.14. The first-order valence-electron chi connectivity index (χ1n) is 23.0. The van der Waals surface area contributed by atoms with Crippen LogP contribution >= 0.6 is 11.3 Å². The van der Waals surface area contributed by atoms with Gasteiger partial charge in [0.2, 0.25) is 0 Å². The predicted molar refractivity (Wildman–Crippen MR) is 280 cm³/mol. The van der Waals surface area contributed by atoms with Crippen molar-refractivity contribution in [2.75, 3.05) is 4.90 Å². The molecule has 2 aliphatic rings. The minimum absolute atomic E-state index is 0.00523. The van der Waals surface area contributed by atoms with Crippen LogP contribution in [0.3, 0.4) is 0 Å². The van der Waals surface area contributed by atoms with E-state index in [-0.39, 0.29) is 11.3 Å². The maximum atomic E-state index is 6.50. The standard InChI is InChI=1S/C63H45NOS/c1-63(2)56-22-9-5-16-49(56)54-39-43(30-36-57(54)63)46-14-3-4-15-48(46)50-17-6-10-23-58(50)64(44-32-26-40(27-33-44)42-31-37-61-55(38-42)52-19-8-12-25-60(52)66-61)45-34-28-41(29-35-45)47-20-13-21-53-51-18-7-11-24-59(51)65-62(47)53/h3-38,43H,39H2,1-2H3. The molecule has 0 saturated carbocycles. The van der Waals surface area contributed by atoms with Gasteiger partial charge in [-0.2, -0.15) is 0 Å². The van der Waals surface area contributed by atoms with Crippen molar-refractivity contribution in [1.29, 1.82) is 0 Å². The molecule has 0 spiro atoms. The van der Waals surface area contributed by atoms with E-state index in [1.807, 2.05) is 17.4 Å². The Bertz CT molecular complexity index is 3770. The van der Waals surface area contributed by atoms with Gasteiger partial charge in [-0.25, -0.2) is 0 Å². The van der Waals surface area contributed by atoms with Crippen LogP contribution < -0.4 is 4.90 Å². The third-order valence-corrected chi connectivity index (χ3v) is 15.5. The summed E-state index contributed by atoms with van der Waals surface area (Å²) in [7, 11) is 0. The zero-order valence-electron chi connectivity index (χ0n) is 36.8. The Balaban J connectivity index is 0.924. The van der Waals surface area contributed by atoms with Crippen molar-refractivity contribution >= 4 is 76.1 Å². The highest BCUT2D eigenvalue weighted by molar-refractivity contribution is 7.25.